The van der Waals surface area contributed by atoms with Crippen molar-refractivity contribution in [2.75, 3.05) is 31.6 Å². The molecule has 0 aromatic heterocycles. The highest BCUT2D eigenvalue weighted by atomic mass is 35.5. The van der Waals surface area contributed by atoms with E-state index in [9.17, 15) is 4.79 Å². The molecule has 4 rings (SSSR count). The van der Waals surface area contributed by atoms with Crippen molar-refractivity contribution >= 4 is 34.8 Å². The van der Waals surface area contributed by atoms with Crippen LogP contribution < -0.4 is 14.8 Å². The second kappa shape index (κ2) is 8.60. The number of halogens is 2. The molecule has 0 aliphatic carbocycles. The van der Waals surface area contributed by atoms with Crippen LogP contribution in [0.2, 0.25) is 10.0 Å². The van der Waals surface area contributed by atoms with E-state index in [1.807, 2.05) is 30.3 Å². The third-order valence-corrected chi connectivity index (χ3v) is 5.76. The predicted octanol–water partition coefficient (Wildman–Crippen LogP) is 4.62. The molecule has 2 aromatic carbocycles. The summed E-state index contributed by atoms with van der Waals surface area (Å²) in [5, 5.41) is 4.34. The van der Waals surface area contributed by atoms with Gasteiger partial charge in [0.15, 0.2) is 11.5 Å². The fraction of sp³-hybridized carbons (Fsp3) is 0.381. The van der Waals surface area contributed by atoms with Crippen molar-refractivity contribution in [1.29, 1.82) is 0 Å². The van der Waals surface area contributed by atoms with Crippen LogP contribution in [0.15, 0.2) is 36.4 Å². The molecule has 1 saturated heterocycles. The first kappa shape index (κ1) is 19.4. The van der Waals surface area contributed by atoms with Gasteiger partial charge in [-0.25, -0.2) is 0 Å². The zero-order chi connectivity index (χ0) is 19.5. The largest absolute Gasteiger partial charge is 0.486 e. The smallest absolute Gasteiger partial charge is 0.227 e. The lowest BCUT2D eigenvalue weighted by Gasteiger charge is -2.31. The third kappa shape index (κ3) is 4.54. The number of carbonyl (C=O) groups is 1. The van der Waals surface area contributed by atoms with Crippen molar-refractivity contribution in [2.45, 2.75) is 19.4 Å². The monoisotopic (exact) mass is 420 g/mol. The minimum atomic E-state index is 0.00476. The van der Waals surface area contributed by atoms with Gasteiger partial charge in [0, 0.05) is 34.3 Å². The second-order valence-electron chi connectivity index (χ2n) is 7.13. The normalized spacial score (nSPS) is 17.4. The Morgan fingerprint density at radius 3 is 2.54 bits per heavy atom. The molecule has 0 radical (unpaired) electrons. The van der Waals surface area contributed by atoms with E-state index in [-0.39, 0.29) is 11.8 Å². The zero-order valence-electron chi connectivity index (χ0n) is 15.4. The Kier molecular flexibility index (Phi) is 5.95. The number of piperidine rings is 1. The Bertz CT molecular complexity index is 867. The van der Waals surface area contributed by atoms with Crippen LogP contribution in [0.3, 0.4) is 0 Å². The van der Waals surface area contributed by atoms with Crippen LogP contribution in [0.4, 0.5) is 5.69 Å². The maximum Gasteiger partial charge on any atom is 0.227 e. The molecule has 0 bridgehead atoms. The minimum absolute atomic E-state index is 0.00476. The summed E-state index contributed by atoms with van der Waals surface area (Å²) in [6.45, 7) is 3.57. The van der Waals surface area contributed by atoms with E-state index in [2.05, 4.69) is 10.2 Å². The van der Waals surface area contributed by atoms with Gasteiger partial charge in [-0.2, -0.15) is 0 Å². The van der Waals surface area contributed by atoms with Gasteiger partial charge in [-0.15, -0.1) is 0 Å². The third-order valence-electron chi connectivity index (χ3n) is 5.18. The van der Waals surface area contributed by atoms with E-state index in [0.717, 1.165) is 49.5 Å². The van der Waals surface area contributed by atoms with E-state index in [1.54, 1.807) is 6.07 Å². The van der Waals surface area contributed by atoms with Crippen molar-refractivity contribution in [1.82, 2.24) is 4.90 Å². The molecule has 2 aromatic rings. The average Bonchev–Trinajstić information content (AvgIpc) is 2.70. The number of fused-ring (bicyclic) bond motifs is 1. The Hall–Kier alpha value is -1.95. The molecule has 2 aliphatic heterocycles. The fourth-order valence-corrected chi connectivity index (χ4v) is 4.08. The molecule has 7 heteroatoms. The first-order valence-corrected chi connectivity index (χ1v) is 10.2. The Morgan fingerprint density at radius 1 is 1.04 bits per heavy atom. The molecule has 1 N–H and O–H groups in total. The van der Waals surface area contributed by atoms with Crippen LogP contribution in [0.25, 0.3) is 0 Å². The highest BCUT2D eigenvalue weighted by molar-refractivity contribution is 6.35. The molecule has 28 heavy (non-hydrogen) atoms. The number of likely N-dealkylation sites (tertiary alicyclic amines) is 1. The topological polar surface area (TPSA) is 50.8 Å². The second-order valence-corrected chi connectivity index (χ2v) is 7.98. The number of hydrogen-bond donors (Lipinski definition) is 1. The van der Waals surface area contributed by atoms with E-state index in [0.29, 0.717) is 29.0 Å². The highest BCUT2D eigenvalue weighted by Crippen LogP contribution is 2.33. The van der Waals surface area contributed by atoms with Crippen molar-refractivity contribution in [3.63, 3.8) is 0 Å². The fourth-order valence-electron chi connectivity index (χ4n) is 3.61. The number of benzene rings is 2. The van der Waals surface area contributed by atoms with Crippen LogP contribution in [0.1, 0.15) is 18.4 Å². The Morgan fingerprint density at radius 2 is 1.79 bits per heavy atom. The van der Waals surface area contributed by atoms with Crippen LogP contribution in [0, 0.1) is 5.92 Å². The van der Waals surface area contributed by atoms with Gasteiger partial charge in [-0.05, 0) is 55.8 Å². The summed E-state index contributed by atoms with van der Waals surface area (Å²) in [7, 11) is 0. The lowest BCUT2D eigenvalue weighted by Crippen LogP contribution is -2.37. The molecule has 0 spiro atoms. The summed E-state index contributed by atoms with van der Waals surface area (Å²) in [6.07, 6.45) is 1.64. The number of carbonyl (C=O) groups excluding carboxylic acids is 1. The molecular weight excluding hydrogens is 399 g/mol. The average molecular weight is 421 g/mol. The maximum atomic E-state index is 12.7. The lowest BCUT2D eigenvalue weighted by molar-refractivity contribution is -0.121. The van der Waals surface area contributed by atoms with Gasteiger partial charge >= 0.3 is 0 Å². The number of anilines is 1. The zero-order valence-corrected chi connectivity index (χ0v) is 16.9. The van der Waals surface area contributed by atoms with E-state index >= 15 is 0 Å². The highest BCUT2D eigenvalue weighted by Gasteiger charge is 2.25. The van der Waals surface area contributed by atoms with Crippen molar-refractivity contribution in [3.05, 3.63) is 52.0 Å². The molecule has 0 atom stereocenters. The molecule has 0 saturated carbocycles. The Balaban J connectivity index is 1.30. The number of ether oxygens (including phenoxy) is 2. The first-order valence-electron chi connectivity index (χ1n) is 9.45. The summed E-state index contributed by atoms with van der Waals surface area (Å²) < 4.78 is 11.1. The van der Waals surface area contributed by atoms with Gasteiger partial charge < -0.3 is 14.8 Å². The molecule has 1 fully saturated rings. The van der Waals surface area contributed by atoms with Crippen LogP contribution in [-0.2, 0) is 11.3 Å². The molecule has 2 heterocycles. The summed E-state index contributed by atoms with van der Waals surface area (Å²) >= 11 is 12.2. The SMILES string of the molecule is O=C(Nc1ccc2c(c1)OCCO2)C1CCN(Cc2ccc(Cl)cc2Cl)CC1. The standard InChI is InChI=1S/C21H22Cl2N2O3/c22-16-2-1-15(18(23)11-16)13-25-7-5-14(6-8-25)21(26)24-17-3-4-19-20(12-17)28-10-9-27-19/h1-4,11-12,14H,5-10,13H2,(H,24,26). The molecular formula is C21H22Cl2N2O3. The molecule has 148 valence electrons. The first-order chi connectivity index (χ1) is 13.6. The van der Waals surface area contributed by atoms with E-state index in [1.165, 1.54) is 0 Å². The predicted molar refractivity (Wildman–Crippen MR) is 111 cm³/mol. The lowest BCUT2D eigenvalue weighted by atomic mass is 9.95. The van der Waals surface area contributed by atoms with Gasteiger partial charge in [-0.1, -0.05) is 29.3 Å². The van der Waals surface area contributed by atoms with Gasteiger partial charge in [0.05, 0.1) is 0 Å². The van der Waals surface area contributed by atoms with Crippen LogP contribution >= 0.6 is 23.2 Å². The molecule has 1 amide bonds. The Labute approximate surface area is 174 Å². The van der Waals surface area contributed by atoms with E-state index < -0.39 is 0 Å². The van der Waals surface area contributed by atoms with E-state index in [4.69, 9.17) is 32.7 Å². The maximum absolute atomic E-state index is 12.7. The molecule has 5 nitrogen and oxygen atoms in total. The molecule has 2 aliphatic rings. The van der Waals surface area contributed by atoms with Gasteiger partial charge in [0.25, 0.3) is 0 Å². The number of hydrogen-bond acceptors (Lipinski definition) is 4. The summed E-state index contributed by atoms with van der Waals surface area (Å²) in [6, 6.07) is 11.1. The van der Waals surface area contributed by atoms with Crippen molar-refractivity contribution in [2.24, 2.45) is 5.92 Å². The van der Waals surface area contributed by atoms with Gasteiger partial charge in [0.2, 0.25) is 5.91 Å². The van der Waals surface area contributed by atoms with Gasteiger partial charge in [-0.3, -0.25) is 9.69 Å². The number of rotatable bonds is 4. The summed E-state index contributed by atoms with van der Waals surface area (Å²) in [5.41, 5.74) is 1.80. The van der Waals surface area contributed by atoms with Crippen LogP contribution in [-0.4, -0.2) is 37.1 Å². The quantitative estimate of drug-likeness (QED) is 0.783. The molecule has 0 unspecified atom stereocenters. The number of nitrogens with zero attached hydrogens (tertiary/aromatic N) is 1. The van der Waals surface area contributed by atoms with Gasteiger partial charge in [0.1, 0.15) is 13.2 Å². The minimum Gasteiger partial charge on any atom is -0.486 e. The van der Waals surface area contributed by atoms with Crippen molar-refractivity contribution in [3.8, 4) is 11.5 Å². The number of amides is 1. The number of nitrogens with one attached hydrogen (secondary N) is 1. The van der Waals surface area contributed by atoms with Crippen LogP contribution in [0.5, 0.6) is 11.5 Å². The van der Waals surface area contributed by atoms with Crippen molar-refractivity contribution < 1.29 is 14.3 Å². The summed E-state index contributed by atoms with van der Waals surface area (Å²) in [4.78, 5) is 15.0. The summed E-state index contributed by atoms with van der Waals surface area (Å²) in [5.74, 6) is 1.46.